The Morgan fingerprint density at radius 2 is 1.75 bits per heavy atom. The standard InChI is InChI=1S/C21H32N2O/c1-3-16-10-7-11-17(4-2)21(16)22-20(24)15-23-13-12-18-8-5-6-9-19(18)14-23/h7,10-11,18-19H,3-6,8-9,12-15H2,1-2H3,(H,22,24)/t18-,19-/m1/s1. The maximum atomic E-state index is 12.6. The normalized spacial score (nSPS) is 24.4. The summed E-state index contributed by atoms with van der Waals surface area (Å²) in [5.74, 6) is 1.90. The number of hydrogen-bond donors (Lipinski definition) is 1. The van der Waals surface area contributed by atoms with Crippen LogP contribution in [0.5, 0.6) is 0 Å². The Labute approximate surface area is 146 Å². The fourth-order valence-corrected chi connectivity index (χ4v) is 4.60. The Balaban J connectivity index is 1.60. The molecule has 132 valence electrons. The number of rotatable bonds is 5. The van der Waals surface area contributed by atoms with Gasteiger partial charge in [0.15, 0.2) is 0 Å². The summed E-state index contributed by atoms with van der Waals surface area (Å²) < 4.78 is 0. The van der Waals surface area contributed by atoms with E-state index in [2.05, 4.69) is 42.3 Å². The van der Waals surface area contributed by atoms with Gasteiger partial charge in [-0.1, -0.05) is 51.3 Å². The van der Waals surface area contributed by atoms with Gasteiger partial charge in [0.05, 0.1) is 6.54 Å². The Morgan fingerprint density at radius 1 is 1.08 bits per heavy atom. The molecule has 2 atom stereocenters. The van der Waals surface area contributed by atoms with Crippen LogP contribution < -0.4 is 5.32 Å². The first-order valence-corrected chi connectivity index (χ1v) is 9.84. The first kappa shape index (κ1) is 17.5. The summed E-state index contributed by atoms with van der Waals surface area (Å²) in [6.07, 6.45) is 8.76. The lowest BCUT2D eigenvalue weighted by atomic mass is 9.75. The highest BCUT2D eigenvalue weighted by Crippen LogP contribution is 2.36. The third-order valence-corrected chi connectivity index (χ3v) is 6.01. The first-order valence-electron chi connectivity index (χ1n) is 9.84. The molecule has 1 aliphatic heterocycles. The first-order chi connectivity index (χ1) is 11.7. The van der Waals surface area contributed by atoms with Gasteiger partial charge in [-0.25, -0.2) is 0 Å². The molecule has 0 unspecified atom stereocenters. The third kappa shape index (κ3) is 4.00. The largest absolute Gasteiger partial charge is 0.324 e. The molecule has 1 saturated heterocycles. The van der Waals surface area contributed by atoms with E-state index in [0.29, 0.717) is 6.54 Å². The van der Waals surface area contributed by atoms with Crippen molar-refractivity contribution in [2.45, 2.75) is 58.8 Å². The second-order valence-electron chi connectivity index (χ2n) is 7.53. The highest BCUT2D eigenvalue weighted by Gasteiger charge is 2.31. The number of piperidine rings is 1. The summed E-state index contributed by atoms with van der Waals surface area (Å²) in [4.78, 5) is 15.0. The van der Waals surface area contributed by atoms with Crippen LogP contribution in [0.3, 0.4) is 0 Å². The molecular formula is C21H32N2O. The van der Waals surface area contributed by atoms with Crippen LogP contribution in [0.25, 0.3) is 0 Å². The van der Waals surface area contributed by atoms with E-state index in [0.717, 1.165) is 43.5 Å². The Bertz CT molecular complexity index is 547. The predicted molar refractivity (Wildman–Crippen MR) is 100 cm³/mol. The molecule has 1 amide bonds. The highest BCUT2D eigenvalue weighted by atomic mass is 16.2. The van der Waals surface area contributed by atoms with Crippen molar-refractivity contribution in [1.82, 2.24) is 4.90 Å². The van der Waals surface area contributed by atoms with E-state index in [9.17, 15) is 4.79 Å². The van der Waals surface area contributed by atoms with Crippen LogP contribution in [0.1, 0.15) is 57.1 Å². The number of nitrogens with zero attached hydrogens (tertiary/aromatic N) is 1. The summed E-state index contributed by atoms with van der Waals surface area (Å²) in [6.45, 7) is 7.06. The molecule has 3 rings (SSSR count). The van der Waals surface area contributed by atoms with Gasteiger partial charge < -0.3 is 5.32 Å². The van der Waals surface area contributed by atoms with E-state index in [1.807, 2.05) is 0 Å². The lowest BCUT2D eigenvalue weighted by molar-refractivity contribution is -0.118. The van der Waals surface area contributed by atoms with Gasteiger partial charge in [-0.05, 0) is 55.2 Å². The number of benzene rings is 1. The van der Waals surface area contributed by atoms with Gasteiger partial charge in [0, 0.05) is 12.2 Å². The van der Waals surface area contributed by atoms with Gasteiger partial charge in [0.2, 0.25) is 5.91 Å². The maximum Gasteiger partial charge on any atom is 0.238 e. The average Bonchev–Trinajstić information content (AvgIpc) is 2.61. The highest BCUT2D eigenvalue weighted by molar-refractivity contribution is 5.93. The van der Waals surface area contributed by atoms with Crippen LogP contribution in [-0.2, 0) is 17.6 Å². The van der Waals surface area contributed by atoms with Crippen LogP contribution in [0.2, 0.25) is 0 Å². The van der Waals surface area contributed by atoms with E-state index in [1.54, 1.807) is 0 Å². The minimum absolute atomic E-state index is 0.153. The zero-order chi connectivity index (χ0) is 16.9. The lowest BCUT2D eigenvalue weighted by Crippen LogP contribution is -2.44. The molecule has 3 heteroatoms. The number of hydrogen-bond acceptors (Lipinski definition) is 2. The minimum Gasteiger partial charge on any atom is -0.324 e. The number of nitrogens with one attached hydrogen (secondary N) is 1. The molecule has 1 heterocycles. The minimum atomic E-state index is 0.153. The van der Waals surface area contributed by atoms with Gasteiger partial charge in [-0.2, -0.15) is 0 Å². The smallest absolute Gasteiger partial charge is 0.238 e. The van der Waals surface area contributed by atoms with E-state index < -0.39 is 0 Å². The Hall–Kier alpha value is -1.35. The molecular weight excluding hydrogens is 296 g/mol. The quantitative estimate of drug-likeness (QED) is 0.876. The van der Waals surface area contributed by atoms with E-state index in [1.165, 1.54) is 43.2 Å². The molecule has 1 aromatic carbocycles. The van der Waals surface area contributed by atoms with Crippen molar-refractivity contribution < 1.29 is 4.79 Å². The molecule has 0 radical (unpaired) electrons. The van der Waals surface area contributed by atoms with Gasteiger partial charge in [-0.3, -0.25) is 9.69 Å². The molecule has 2 aliphatic rings. The molecule has 24 heavy (non-hydrogen) atoms. The number of aryl methyl sites for hydroxylation is 2. The number of amides is 1. The lowest BCUT2D eigenvalue weighted by Gasteiger charge is -2.41. The zero-order valence-electron chi connectivity index (χ0n) is 15.3. The molecule has 0 spiro atoms. The Kier molecular flexibility index (Phi) is 5.94. The van der Waals surface area contributed by atoms with Crippen LogP contribution in [0, 0.1) is 11.8 Å². The predicted octanol–water partition coefficient (Wildman–Crippen LogP) is 4.26. The molecule has 1 N–H and O–H groups in total. The second kappa shape index (κ2) is 8.15. The van der Waals surface area contributed by atoms with Crippen molar-refractivity contribution in [2.24, 2.45) is 11.8 Å². The van der Waals surface area contributed by atoms with Crippen molar-refractivity contribution in [3.63, 3.8) is 0 Å². The number of para-hydroxylation sites is 1. The summed E-state index contributed by atoms with van der Waals surface area (Å²) >= 11 is 0. The third-order valence-electron chi connectivity index (χ3n) is 6.01. The van der Waals surface area contributed by atoms with E-state index in [-0.39, 0.29) is 5.91 Å². The molecule has 0 bridgehead atoms. The van der Waals surface area contributed by atoms with Crippen molar-refractivity contribution >= 4 is 11.6 Å². The summed E-state index contributed by atoms with van der Waals surface area (Å²) in [5.41, 5.74) is 3.54. The summed E-state index contributed by atoms with van der Waals surface area (Å²) in [5, 5.41) is 3.22. The SMILES string of the molecule is CCc1cccc(CC)c1NC(=O)CN1CC[C@H]2CCCC[C@@H]2C1. The molecule has 3 nitrogen and oxygen atoms in total. The van der Waals surface area contributed by atoms with Gasteiger partial charge in [0.1, 0.15) is 0 Å². The topological polar surface area (TPSA) is 32.3 Å². The van der Waals surface area contributed by atoms with Crippen molar-refractivity contribution in [3.8, 4) is 0 Å². The number of carbonyl (C=O) groups is 1. The van der Waals surface area contributed by atoms with Gasteiger partial charge >= 0.3 is 0 Å². The number of fused-ring (bicyclic) bond motifs is 1. The van der Waals surface area contributed by atoms with E-state index in [4.69, 9.17) is 0 Å². The van der Waals surface area contributed by atoms with Crippen molar-refractivity contribution in [2.75, 3.05) is 25.0 Å². The molecule has 1 aliphatic carbocycles. The summed E-state index contributed by atoms with van der Waals surface area (Å²) in [7, 11) is 0. The number of likely N-dealkylation sites (tertiary alicyclic amines) is 1. The van der Waals surface area contributed by atoms with Gasteiger partial charge in [-0.15, -0.1) is 0 Å². The molecule has 1 aromatic rings. The number of carbonyl (C=O) groups excluding carboxylic acids is 1. The van der Waals surface area contributed by atoms with Crippen molar-refractivity contribution in [1.29, 1.82) is 0 Å². The fourth-order valence-electron chi connectivity index (χ4n) is 4.60. The van der Waals surface area contributed by atoms with Crippen LogP contribution in [-0.4, -0.2) is 30.4 Å². The molecule has 2 fully saturated rings. The van der Waals surface area contributed by atoms with Crippen LogP contribution in [0.15, 0.2) is 18.2 Å². The van der Waals surface area contributed by atoms with Gasteiger partial charge in [0.25, 0.3) is 0 Å². The Morgan fingerprint density at radius 3 is 2.42 bits per heavy atom. The average molecular weight is 329 g/mol. The summed E-state index contributed by atoms with van der Waals surface area (Å²) in [6, 6.07) is 6.35. The van der Waals surface area contributed by atoms with Crippen molar-refractivity contribution in [3.05, 3.63) is 29.3 Å². The monoisotopic (exact) mass is 328 g/mol. The van der Waals surface area contributed by atoms with Crippen LogP contribution >= 0.6 is 0 Å². The zero-order valence-corrected chi connectivity index (χ0v) is 15.3. The van der Waals surface area contributed by atoms with Crippen LogP contribution in [0.4, 0.5) is 5.69 Å². The molecule has 1 saturated carbocycles. The van der Waals surface area contributed by atoms with E-state index >= 15 is 0 Å². The second-order valence-corrected chi connectivity index (χ2v) is 7.53. The fraction of sp³-hybridized carbons (Fsp3) is 0.667. The molecule has 0 aromatic heterocycles. The number of anilines is 1. The maximum absolute atomic E-state index is 12.6.